The molecule has 1 aromatic rings. The number of hydrogen-bond acceptors (Lipinski definition) is 1. The first kappa shape index (κ1) is 8.83. The lowest BCUT2D eigenvalue weighted by molar-refractivity contribution is 0.350. The molecule has 0 amide bonds. The molecule has 1 nitrogen and oxygen atoms in total. The van der Waals surface area contributed by atoms with Crippen molar-refractivity contribution in [2.75, 3.05) is 6.61 Å². The molecular formula is C11H12O. The summed E-state index contributed by atoms with van der Waals surface area (Å²) in [6.07, 6.45) is 0. The van der Waals surface area contributed by atoms with Crippen molar-refractivity contribution in [2.24, 2.45) is 0 Å². The predicted octanol–water partition coefficient (Wildman–Crippen LogP) is 1.65. The summed E-state index contributed by atoms with van der Waals surface area (Å²) in [6.45, 7) is 4.00. The maximum atomic E-state index is 8.50. The second kappa shape index (κ2) is 3.94. The first-order valence-electron chi connectivity index (χ1n) is 3.91. The Hall–Kier alpha value is -1.26. The highest BCUT2D eigenvalue weighted by molar-refractivity contribution is 5.42. The SMILES string of the molecule is Cc1ccc(C#CCO)c(C)c1. The van der Waals surface area contributed by atoms with Gasteiger partial charge in [0.15, 0.2) is 0 Å². The largest absolute Gasteiger partial charge is 0.384 e. The molecule has 0 saturated heterocycles. The van der Waals surface area contributed by atoms with E-state index in [2.05, 4.69) is 24.8 Å². The predicted molar refractivity (Wildman–Crippen MR) is 49.9 cm³/mol. The van der Waals surface area contributed by atoms with Crippen LogP contribution in [0.5, 0.6) is 0 Å². The molecule has 0 fully saturated rings. The minimum Gasteiger partial charge on any atom is -0.384 e. The van der Waals surface area contributed by atoms with Crippen LogP contribution in [0.25, 0.3) is 0 Å². The van der Waals surface area contributed by atoms with Gasteiger partial charge in [0.2, 0.25) is 0 Å². The highest BCUT2D eigenvalue weighted by Crippen LogP contribution is 2.08. The van der Waals surface area contributed by atoms with E-state index in [1.54, 1.807) is 0 Å². The van der Waals surface area contributed by atoms with Crippen LogP contribution in [0.4, 0.5) is 0 Å². The van der Waals surface area contributed by atoms with Crippen molar-refractivity contribution >= 4 is 0 Å². The van der Waals surface area contributed by atoms with Gasteiger partial charge in [-0.25, -0.2) is 0 Å². The summed E-state index contributed by atoms with van der Waals surface area (Å²) in [4.78, 5) is 0. The van der Waals surface area contributed by atoms with Crippen molar-refractivity contribution in [1.82, 2.24) is 0 Å². The van der Waals surface area contributed by atoms with Crippen LogP contribution >= 0.6 is 0 Å². The lowest BCUT2D eigenvalue weighted by Gasteiger charge is -1.98. The molecule has 0 bridgehead atoms. The Morgan fingerprint density at radius 2 is 2.08 bits per heavy atom. The highest BCUT2D eigenvalue weighted by Gasteiger charge is 1.92. The second-order valence-electron chi connectivity index (χ2n) is 2.78. The standard InChI is InChI=1S/C11H12O/c1-9-5-6-11(4-3-7-12)10(2)8-9/h5-6,8,12H,7H2,1-2H3. The van der Waals surface area contributed by atoms with Crippen molar-refractivity contribution in [1.29, 1.82) is 0 Å². The van der Waals surface area contributed by atoms with E-state index in [-0.39, 0.29) is 6.61 Å². The summed E-state index contributed by atoms with van der Waals surface area (Å²) in [5.41, 5.74) is 3.40. The lowest BCUT2D eigenvalue weighted by atomic mass is 10.1. The van der Waals surface area contributed by atoms with Gasteiger partial charge < -0.3 is 5.11 Å². The third-order valence-electron chi connectivity index (χ3n) is 1.68. The molecule has 0 atom stereocenters. The Balaban J connectivity index is 3.01. The van der Waals surface area contributed by atoms with Crippen LogP contribution < -0.4 is 0 Å². The molecule has 0 radical (unpaired) electrons. The average molecular weight is 160 g/mol. The molecule has 62 valence electrons. The molecule has 1 rings (SSSR count). The van der Waals surface area contributed by atoms with Crippen LogP contribution in [-0.4, -0.2) is 11.7 Å². The van der Waals surface area contributed by atoms with Gasteiger partial charge >= 0.3 is 0 Å². The first-order valence-corrected chi connectivity index (χ1v) is 3.91. The third-order valence-corrected chi connectivity index (χ3v) is 1.68. The molecule has 0 saturated carbocycles. The first-order chi connectivity index (χ1) is 5.74. The zero-order valence-corrected chi connectivity index (χ0v) is 7.39. The number of aliphatic hydroxyl groups excluding tert-OH is 1. The molecular weight excluding hydrogens is 148 g/mol. The van der Waals surface area contributed by atoms with Crippen molar-refractivity contribution in [3.8, 4) is 11.8 Å². The van der Waals surface area contributed by atoms with Gasteiger partial charge in [-0.1, -0.05) is 29.5 Å². The molecule has 0 aliphatic carbocycles. The van der Waals surface area contributed by atoms with E-state index in [4.69, 9.17) is 5.11 Å². The highest BCUT2D eigenvalue weighted by atomic mass is 16.2. The molecule has 12 heavy (non-hydrogen) atoms. The van der Waals surface area contributed by atoms with Crippen molar-refractivity contribution < 1.29 is 5.11 Å². The topological polar surface area (TPSA) is 20.2 Å². The van der Waals surface area contributed by atoms with Crippen LogP contribution in [0.3, 0.4) is 0 Å². The Morgan fingerprint density at radius 1 is 1.33 bits per heavy atom. The zero-order valence-electron chi connectivity index (χ0n) is 7.39. The van der Waals surface area contributed by atoms with Crippen LogP contribution in [-0.2, 0) is 0 Å². The molecule has 0 aromatic heterocycles. The van der Waals surface area contributed by atoms with Crippen molar-refractivity contribution in [3.05, 3.63) is 34.9 Å². The van der Waals surface area contributed by atoms with Gasteiger partial charge in [-0.3, -0.25) is 0 Å². The summed E-state index contributed by atoms with van der Waals surface area (Å²) in [5, 5.41) is 8.50. The van der Waals surface area contributed by atoms with E-state index in [0.29, 0.717) is 0 Å². The maximum Gasteiger partial charge on any atom is 0.104 e. The minimum atomic E-state index is -0.0761. The normalized spacial score (nSPS) is 8.92. The van der Waals surface area contributed by atoms with E-state index in [1.165, 1.54) is 5.56 Å². The molecule has 1 N–H and O–H groups in total. The fourth-order valence-electron chi connectivity index (χ4n) is 1.09. The summed E-state index contributed by atoms with van der Waals surface area (Å²) in [7, 11) is 0. The Bertz CT molecular complexity index is 329. The van der Waals surface area contributed by atoms with Gasteiger partial charge in [0, 0.05) is 5.56 Å². The molecule has 1 heteroatoms. The number of aliphatic hydroxyl groups is 1. The quantitative estimate of drug-likeness (QED) is 0.572. The fourth-order valence-corrected chi connectivity index (χ4v) is 1.09. The molecule has 0 spiro atoms. The molecule has 0 heterocycles. The van der Waals surface area contributed by atoms with E-state index in [9.17, 15) is 0 Å². The van der Waals surface area contributed by atoms with Gasteiger partial charge in [0.05, 0.1) is 0 Å². The average Bonchev–Trinajstić information content (AvgIpc) is 2.03. The number of hydrogen-bond donors (Lipinski definition) is 1. The van der Waals surface area contributed by atoms with Gasteiger partial charge in [-0.15, -0.1) is 0 Å². The summed E-state index contributed by atoms with van der Waals surface area (Å²) < 4.78 is 0. The van der Waals surface area contributed by atoms with Crippen LogP contribution in [0, 0.1) is 25.7 Å². The van der Waals surface area contributed by atoms with Crippen LogP contribution in [0.1, 0.15) is 16.7 Å². The lowest BCUT2D eigenvalue weighted by Crippen LogP contribution is -1.83. The fraction of sp³-hybridized carbons (Fsp3) is 0.273. The Morgan fingerprint density at radius 3 is 2.67 bits per heavy atom. The maximum absolute atomic E-state index is 8.50. The molecule has 1 aromatic carbocycles. The number of benzene rings is 1. The van der Waals surface area contributed by atoms with Gasteiger partial charge in [-0.05, 0) is 25.5 Å². The third kappa shape index (κ3) is 2.11. The Labute approximate surface area is 73.0 Å². The number of rotatable bonds is 0. The summed E-state index contributed by atoms with van der Waals surface area (Å²) in [6, 6.07) is 6.09. The second-order valence-corrected chi connectivity index (χ2v) is 2.78. The van der Waals surface area contributed by atoms with E-state index < -0.39 is 0 Å². The Kier molecular flexibility index (Phi) is 2.90. The summed E-state index contributed by atoms with van der Waals surface area (Å²) >= 11 is 0. The van der Waals surface area contributed by atoms with Crippen LogP contribution in [0.2, 0.25) is 0 Å². The van der Waals surface area contributed by atoms with E-state index in [0.717, 1.165) is 11.1 Å². The minimum absolute atomic E-state index is 0.0761. The number of aryl methyl sites for hydroxylation is 2. The van der Waals surface area contributed by atoms with Gasteiger partial charge in [0.25, 0.3) is 0 Å². The van der Waals surface area contributed by atoms with Gasteiger partial charge in [-0.2, -0.15) is 0 Å². The summed E-state index contributed by atoms with van der Waals surface area (Å²) in [5.74, 6) is 5.52. The zero-order chi connectivity index (χ0) is 8.97. The van der Waals surface area contributed by atoms with Crippen molar-refractivity contribution in [2.45, 2.75) is 13.8 Å². The monoisotopic (exact) mass is 160 g/mol. The molecule has 0 unspecified atom stereocenters. The molecule has 0 aliphatic rings. The van der Waals surface area contributed by atoms with E-state index in [1.807, 2.05) is 19.1 Å². The van der Waals surface area contributed by atoms with Crippen LogP contribution in [0.15, 0.2) is 18.2 Å². The smallest absolute Gasteiger partial charge is 0.104 e. The van der Waals surface area contributed by atoms with Crippen molar-refractivity contribution in [3.63, 3.8) is 0 Å². The molecule has 0 aliphatic heterocycles. The van der Waals surface area contributed by atoms with E-state index >= 15 is 0 Å². The van der Waals surface area contributed by atoms with Gasteiger partial charge in [0.1, 0.15) is 6.61 Å².